The van der Waals surface area contributed by atoms with Crippen LogP contribution >= 0.6 is 0 Å². The van der Waals surface area contributed by atoms with Crippen LogP contribution in [0.3, 0.4) is 0 Å². The zero-order valence-electron chi connectivity index (χ0n) is 48.3. The second-order valence-corrected chi connectivity index (χ2v) is 20.2. The van der Waals surface area contributed by atoms with Crippen LogP contribution in [0.5, 0.6) is 0 Å². The summed E-state index contributed by atoms with van der Waals surface area (Å²) >= 11 is 0. The van der Waals surface area contributed by atoms with Crippen molar-refractivity contribution in [2.45, 2.75) is 290 Å². The normalized spacial score (nSPS) is 12.9. The summed E-state index contributed by atoms with van der Waals surface area (Å²) in [6.45, 7) is 6.43. The zero-order valence-corrected chi connectivity index (χ0v) is 48.3. The lowest BCUT2D eigenvalue weighted by atomic mass is 10.0. The van der Waals surface area contributed by atoms with Crippen molar-refractivity contribution in [1.29, 1.82) is 0 Å². The molecule has 0 saturated carbocycles. The van der Waals surface area contributed by atoms with Gasteiger partial charge in [0, 0.05) is 19.3 Å². The number of carbonyl (C=O) groups is 3. The van der Waals surface area contributed by atoms with Gasteiger partial charge in [-0.2, -0.15) is 0 Å². The molecule has 6 heteroatoms. The van der Waals surface area contributed by atoms with Crippen LogP contribution in [0.4, 0.5) is 0 Å². The molecule has 1 unspecified atom stereocenters. The fraction of sp³-hybridized carbons (Fsp3) is 0.691. The predicted molar refractivity (Wildman–Crippen MR) is 320 cm³/mol. The summed E-state index contributed by atoms with van der Waals surface area (Å²) in [5.74, 6) is -0.911. The molecule has 0 aliphatic rings. The molecule has 0 rings (SSSR count). The summed E-state index contributed by atoms with van der Waals surface area (Å²) in [5.41, 5.74) is 0. The van der Waals surface area contributed by atoms with Gasteiger partial charge in [0.2, 0.25) is 0 Å². The number of hydrogen-bond donors (Lipinski definition) is 0. The zero-order chi connectivity index (χ0) is 53.6. The minimum absolute atomic E-state index is 0.0881. The first kappa shape index (κ1) is 70.1. The van der Waals surface area contributed by atoms with Crippen molar-refractivity contribution >= 4 is 17.9 Å². The van der Waals surface area contributed by atoms with E-state index in [-0.39, 0.29) is 31.1 Å². The molecule has 0 N–H and O–H groups in total. The number of esters is 3. The lowest BCUT2D eigenvalue weighted by Crippen LogP contribution is -2.30. The van der Waals surface area contributed by atoms with Gasteiger partial charge in [-0.1, -0.05) is 252 Å². The number of allylic oxidation sites excluding steroid dienone is 18. The quantitative estimate of drug-likeness (QED) is 0.0261. The van der Waals surface area contributed by atoms with E-state index in [2.05, 4.69) is 130 Å². The molecule has 0 aliphatic heterocycles. The van der Waals surface area contributed by atoms with Gasteiger partial charge < -0.3 is 14.2 Å². The van der Waals surface area contributed by atoms with Crippen molar-refractivity contribution in [3.8, 4) is 0 Å². The van der Waals surface area contributed by atoms with E-state index in [4.69, 9.17) is 14.2 Å². The molecule has 0 aromatic heterocycles. The summed E-state index contributed by atoms with van der Waals surface area (Å²) in [5, 5.41) is 0. The van der Waals surface area contributed by atoms with E-state index >= 15 is 0 Å². The Morgan fingerprint density at radius 2 is 0.554 bits per heavy atom. The largest absolute Gasteiger partial charge is 0.462 e. The third kappa shape index (κ3) is 59.0. The number of rotatable bonds is 55. The van der Waals surface area contributed by atoms with Gasteiger partial charge in [0.25, 0.3) is 0 Å². The van der Waals surface area contributed by atoms with Crippen LogP contribution in [0.15, 0.2) is 109 Å². The Morgan fingerprint density at radius 3 is 0.892 bits per heavy atom. The van der Waals surface area contributed by atoms with Gasteiger partial charge in [-0.15, -0.1) is 0 Å². The minimum Gasteiger partial charge on any atom is -0.462 e. The Morgan fingerprint density at radius 1 is 0.284 bits per heavy atom. The van der Waals surface area contributed by atoms with Crippen LogP contribution in [0.1, 0.15) is 284 Å². The first-order valence-corrected chi connectivity index (χ1v) is 30.9. The van der Waals surface area contributed by atoms with Gasteiger partial charge in [-0.05, 0) is 122 Å². The van der Waals surface area contributed by atoms with Gasteiger partial charge in [0.15, 0.2) is 6.10 Å². The number of carbonyl (C=O) groups excluding carboxylic acids is 3. The topological polar surface area (TPSA) is 78.9 Å². The second kappa shape index (κ2) is 61.6. The summed E-state index contributed by atoms with van der Waals surface area (Å²) in [7, 11) is 0. The Hall–Kier alpha value is -3.93. The smallest absolute Gasteiger partial charge is 0.306 e. The third-order valence-electron chi connectivity index (χ3n) is 13.0. The Kier molecular flexibility index (Phi) is 58.3. The van der Waals surface area contributed by atoms with E-state index in [0.29, 0.717) is 19.3 Å². The Labute approximate surface area is 457 Å². The van der Waals surface area contributed by atoms with Crippen molar-refractivity contribution in [2.75, 3.05) is 13.2 Å². The van der Waals surface area contributed by atoms with Crippen molar-refractivity contribution in [2.24, 2.45) is 0 Å². The Balaban J connectivity index is 4.28. The van der Waals surface area contributed by atoms with Crippen molar-refractivity contribution in [1.82, 2.24) is 0 Å². The fourth-order valence-electron chi connectivity index (χ4n) is 8.36. The molecule has 0 aromatic carbocycles. The van der Waals surface area contributed by atoms with Crippen molar-refractivity contribution in [3.63, 3.8) is 0 Å². The molecule has 0 spiro atoms. The molecule has 422 valence electrons. The summed E-state index contributed by atoms with van der Waals surface area (Å²) in [4.78, 5) is 38.2. The van der Waals surface area contributed by atoms with Gasteiger partial charge in [-0.25, -0.2) is 0 Å². The van der Waals surface area contributed by atoms with Crippen LogP contribution < -0.4 is 0 Å². The van der Waals surface area contributed by atoms with Crippen molar-refractivity contribution in [3.05, 3.63) is 109 Å². The summed E-state index contributed by atoms with van der Waals surface area (Å²) in [6.07, 6.45) is 83.8. The molecule has 1 atom stereocenters. The molecular weight excluding hydrogens is 913 g/mol. The summed E-state index contributed by atoms with van der Waals surface area (Å²) < 4.78 is 16.9. The number of ether oxygens (including phenoxy) is 3. The minimum atomic E-state index is -0.791. The maximum atomic E-state index is 12.9. The van der Waals surface area contributed by atoms with E-state index in [1.165, 1.54) is 109 Å². The predicted octanol–water partition coefficient (Wildman–Crippen LogP) is 21.0. The average molecular weight is 1030 g/mol. The average Bonchev–Trinajstić information content (AvgIpc) is 3.40. The second-order valence-electron chi connectivity index (χ2n) is 20.2. The fourth-order valence-corrected chi connectivity index (χ4v) is 8.36. The molecule has 0 aromatic rings. The van der Waals surface area contributed by atoms with Crippen LogP contribution in [0.2, 0.25) is 0 Å². The molecule has 0 fully saturated rings. The van der Waals surface area contributed by atoms with E-state index in [1.54, 1.807) is 0 Å². The van der Waals surface area contributed by atoms with E-state index in [0.717, 1.165) is 135 Å². The standard InChI is InChI=1S/C68H114O6/c1-4-7-10-13-16-19-22-24-26-28-30-31-32-33-34-35-36-37-39-40-42-44-46-49-52-55-58-61-67(70)73-64-65(63-72-66(69)60-57-54-51-48-21-18-15-12-9-6-3)74-68(71)62-59-56-53-50-47-45-43-41-38-29-27-25-23-20-17-14-11-8-5-2/h7,10,12,15-17,19-20,24-27,30-31,33-34,38,41,65H,4-6,8-9,11,13-14,18,21-23,28-29,32,35-37,39-40,42-64H2,1-3H3/b10-7-,15-12-,19-16-,20-17-,26-24-,27-25-,31-30-,34-33-,41-38-. The molecule has 74 heavy (non-hydrogen) atoms. The molecule has 0 bridgehead atoms. The number of unbranched alkanes of at least 4 members (excludes halogenated alkanes) is 26. The lowest BCUT2D eigenvalue weighted by Gasteiger charge is -2.18. The molecule has 0 heterocycles. The highest BCUT2D eigenvalue weighted by molar-refractivity contribution is 5.71. The first-order chi connectivity index (χ1) is 36.5. The highest BCUT2D eigenvalue weighted by atomic mass is 16.6. The van der Waals surface area contributed by atoms with Crippen LogP contribution in [0, 0.1) is 0 Å². The summed E-state index contributed by atoms with van der Waals surface area (Å²) in [6, 6.07) is 0. The van der Waals surface area contributed by atoms with Crippen molar-refractivity contribution < 1.29 is 28.6 Å². The maximum absolute atomic E-state index is 12.9. The molecule has 0 amide bonds. The Bertz CT molecular complexity index is 1510. The first-order valence-electron chi connectivity index (χ1n) is 30.9. The molecule has 0 saturated heterocycles. The highest BCUT2D eigenvalue weighted by Gasteiger charge is 2.19. The van der Waals surface area contributed by atoms with Crippen LogP contribution in [-0.4, -0.2) is 37.2 Å². The molecular formula is C68H114O6. The van der Waals surface area contributed by atoms with E-state index in [9.17, 15) is 14.4 Å². The van der Waals surface area contributed by atoms with Gasteiger partial charge in [0.05, 0.1) is 0 Å². The highest BCUT2D eigenvalue weighted by Crippen LogP contribution is 2.15. The maximum Gasteiger partial charge on any atom is 0.306 e. The number of hydrogen-bond acceptors (Lipinski definition) is 6. The van der Waals surface area contributed by atoms with E-state index in [1.807, 2.05) is 0 Å². The third-order valence-corrected chi connectivity index (χ3v) is 13.0. The SMILES string of the molecule is CC/C=C\C/C=C\C/C=C\C/C=C\C/C=C\CCCCCCCCCCCCCC(=O)OCC(COC(=O)CCCCCCC/C=C\CCC)OC(=O)CCCCCCCC/C=C\C/C=C\C/C=C\CCCCC. The monoisotopic (exact) mass is 1030 g/mol. The molecule has 0 radical (unpaired) electrons. The van der Waals surface area contributed by atoms with E-state index < -0.39 is 6.10 Å². The van der Waals surface area contributed by atoms with Crippen LogP contribution in [0.25, 0.3) is 0 Å². The van der Waals surface area contributed by atoms with Crippen LogP contribution in [-0.2, 0) is 28.6 Å². The van der Waals surface area contributed by atoms with Gasteiger partial charge in [0.1, 0.15) is 13.2 Å². The van der Waals surface area contributed by atoms with Gasteiger partial charge >= 0.3 is 17.9 Å². The molecule has 0 aliphatic carbocycles. The van der Waals surface area contributed by atoms with Gasteiger partial charge in [-0.3, -0.25) is 14.4 Å². The lowest BCUT2D eigenvalue weighted by molar-refractivity contribution is -0.167. The molecule has 6 nitrogen and oxygen atoms in total.